The molecule has 0 radical (unpaired) electrons. The molecule has 9 heteroatoms. The molecule has 1 aliphatic heterocycles. The maximum atomic E-state index is 13.0. The Bertz CT molecular complexity index is 1270. The van der Waals surface area contributed by atoms with Gasteiger partial charge in [0.05, 0.1) is 17.7 Å². The summed E-state index contributed by atoms with van der Waals surface area (Å²) in [6.45, 7) is -0.188. The summed E-state index contributed by atoms with van der Waals surface area (Å²) in [4.78, 5) is 27.2. The Labute approximate surface area is 215 Å². The van der Waals surface area contributed by atoms with Crippen molar-refractivity contribution in [2.45, 2.75) is 0 Å². The van der Waals surface area contributed by atoms with Crippen LogP contribution in [0.2, 0.25) is 0 Å². The molecule has 3 aromatic carbocycles. The van der Waals surface area contributed by atoms with Crippen molar-refractivity contribution in [3.05, 3.63) is 87.7 Å². The van der Waals surface area contributed by atoms with Crippen LogP contribution in [0.3, 0.4) is 0 Å². The fraction of sp³-hybridized carbons (Fsp3) is 0.0800. The van der Waals surface area contributed by atoms with Crippen molar-refractivity contribution in [2.24, 2.45) is 0 Å². The number of halogens is 1. The number of benzene rings is 3. The number of rotatable bonds is 7. The lowest BCUT2D eigenvalue weighted by atomic mass is 10.1. The number of ether oxygens (including phenoxy) is 2. The summed E-state index contributed by atoms with van der Waals surface area (Å²) in [5.74, 6) is 0.343. The highest BCUT2D eigenvalue weighted by molar-refractivity contribution is 9.10. The molecule has 0 atom stereocenters. The van der Waals surface area contributed by atoms with Crippen molar-refractivity contribution in [3.8, 4) is 11.5 Å². The van der Waals surface area contributed by atoms with Crippen molar-refractivity contribution in [1.82, 2.24) is 0 Å². The molecule has 0 unspecified atom stereocenters. The summed E-state index contributed by atoms with van der Waals surface area (Å²) in [7, 11) is 1.51. The quantitative estimate of drug-likeness (QED) is 0.290. The number of carbonyl (C=O) groups excluding carboxylic acids is 2. The second-order valence-corrected chi connectivity index (χ2v) is 9.61. The standard InChI is InChI=1S/C25H19BrN2O4S2/c1-31-20-12-16(13-22-24(30)28(25(33)34-22)18-10-6-3-7-11-18)19(26)14-21(20)32-15-23(29)27-17-8-4-2-5-9-17/h2-14H,15H2,1H3,(H,27,29)/b22-13+. The van der Waals surface area contributed by atoms with E-state index in [1.165, 1.54) is 23.8 Å². The molecule has 0 bridgehead atoms. The van der Waals surface area contributed by atoms with Crippen LogP contribution in [0.15, 0.2) is 82.2 Å². The fourth-order valence-corrected chi connectivity index (χ4v) is 4.93. The lowest BCUT2D eigenvalue weighted by molar-refractivity contribution is -0.118. The Morgan fingerprint density at radius 1 is 1.09 bits per heavy atom. The first kappa shape index (κ1) is 24.0. The number of nitrogens with one attached hydrogen (secondary N) is 1. The molecular weight excluding hydrogens is 536 g/mol. The van der Waals surface area contributed by atoms with Crippen LogP contribution < -0.4 is 19.7 Å². The molecule has 4 rings (SSSR count). The van der Waals surface area contributed by atoms with Crippen molar-refractivity contribution < 1.29 is 19.1 Å². The van der Waals surface area contributed by atoms with Gasteiger partial charge in [-0.15, -0.1) is 0 Å². The topological polar surface area (TPSA) is 67.9 Å². The minimum absolute atomic E-state index is 0.188. The zero-order chi connectivity index (χ0) is 24.1. The molecular formula is C25H19BrN2O4S2. The molecule has 172 valence electrons. The Kier molecular flexibility index (Phi) is 7.66. The molecule has 1 saturated heterocycles. The van der Waals surface area contributed by atoms with Gasteiger partial charge in [-0.3, -0.25) is 14.5 Å². The third kappa shape index (κ3) is 5.49. The number of thioether (sulfide) groups is 1. The predicted octanol–water partition coefficient (Wildman–Crippen LogP) is 5.88. The van der Waals surface area contributed by atoms with E-state index in [0.717, 1.165) is 5.69 Å². The molecule has 2 amide bonds. The summed E-state index contributed by atoms with van der Waals surface area (Å²) in [5, 5.41) is 2.77. The number of thiocarbonyl (C=S) groups is 1. The van der Waals surface area contributed by atoms with Gasteiger partial charge in [0.2, 0.25) is 0 Å². The fourth-order valence-electron chi connectivity index (χ4n) is 3.20. The summed E-state index contributed by atoms with van der Waals surface area (Å²) in [5.41, 5.74) is 2.13. The van der Waals surface area contributed by atoms with E-state index in [9.17, 15) is 9.59 Å². The van der Waals surface area contributed by atoms with Crippen LogP contribution in [0.5, 0.6) is 11.5 Å². The van der Waals surface area contributed by atoms with Crippen molar-refractivity contribution in [2.75, 3.05) is 23.9 Å². The molecule has 1 heterocycles. The van der Waals surface area contributed by atoms with E-state index in [2.05, 4.69) is 21.2 Å². The highest BCUT2D eigenvalue weighted by Crippen LogP contribution is 2.39. The van der Waals surface area contributed by atoms with Crippen molar-refractivity contribution in [3.63, 3.8) is 0 Å². The molecule has 1 aliphatic rings. The zero-order valence-corrected chi connectivity index (χ0v) is 21.2. The van der Waals surface area contributed by atoms with Crippen LogP contribution >= 0.6 is 39.9 Å². The van der Waals surface area contributed by atoms with E-state index in [-0.39, 0.29) is 18.4 Å². The van der Waals surface area contributed by atoms with E-state index in [4.69, 9.17) is 21.7 Å². The van der Waals surface area contributed by atoms with Crippen molar-refractivity contribution in [1.29, 1.82) is 0 Å². The summed E-state index contributed by atoms with van der Waals surface area (Å²) >= 11 is 10.2. The Morgan fingerprint density at radius 3 is 2.44 bits per heavy atom. The van der Waals surface area contributed by atoms with Gasteiger partial charge >= 0.3 is 0 Å². The maximum Gasteiger partial charge on any atom is 0.270 e. The van der Waals surface area contributed by atoms with E-state index in [1.54, 1.807) is 30.3 Å². The minimum Gasteiger partial charge on any atom is -0.493 e. The molecule has 1 fully saturated rings. The summed E-state index contributed by atoms with van der Waals surface area (Å²) in [6.07, 6.45) is 1.75. The zero-order valence-electron chi connectivity index (χ0n) is 18.0. The Morgan fingerprint density at radius 2 is 1.76 bits per heavy atom. The monoisotopic (exact) mass is 554 g/mol. The van der Waals surface area contributed by atoms with Gasteiger partial charge in [-0.2, -0.15) is 0 Å². The van der Waals surface area contributed by atoms with Crippen LogP contribution in [0.25, 0.3) is 6.08 Å². The van der Waals surface area contributed by atoms with Crippen LogP contribution in [-0.4, -0.2) is 29.9 Å². The number of anilines is 2. The number of methoxy groups -OCH3 is 1. The first-order valence-electron chi connectivity index (χ1n) is 10.1. The minimum atomic E-state index is -0.293. The molecule has 6 nitrogen and oxygen atoms in total. The van der Waals surface area contributed by atoms with Gasteiger partial charge in [0, 0.05) is 10.2 Å². The largest absolute Gasteiger partial charge is 0.493 e. The van der Waals surface area contributed by atoms with Gasteiger partial charge in [-0.05, 0) is 48.0 Å². The van der Waals surface area contributed by atoms with Crippen LogP contribution in [-0.2, 0) is 9.59 Å². The first-order chi connectivity index (χ1) is 16.5. The third-order valence-corrected chi connectivity index (χ3v) is 6.78. The number of nitrogens with zero attached hydrogens (tertiary/aromatic N) is 1. The molecule has 0 aliphatic carbocycles. The smallest absolute Gasteiger partial charge is 0.270 e. The number of carbonyl (C=O) groups is 2. The summed E-state index contributed by atoms with van der Waals surface area (Å²) < 4.78 is 12.3. The molecule has 0 spiro atoms. The van der Waals surface area contributed by atoms with Gasteiger partial charge in [0.15, 0.2) is 22.4 Å². The molecule has 3 aromatic rings. The maximum absolute atomic E-state index is 13.0. The molecule has 34 heavy (non-hydrogen) atoms. The predicted molar refractivity (Wildman–Crippen MR) is 143 cm³/mol. The van der Waals surface area contributed by atoms with E-state index in [1.807, 2.05) is 48.5 Å². The SMILES string of the molecule is COc1cc(/C=C2/SC(=S)N(c3ccccc3)C2=O)c(Br)cc1OCC(=O)Nc1ccccc1. The van der Waals surface area contributed by atoms with Crippen LogP contribution in [0.4, 0.5) is 11.4 Å². The second kappa shape index (κ2) is 10.9. The number of para-hydroxylation sites is 2. The molecule has 1 N–H and O–H groups in total. The summed E-state index contributed by atoms with van der Waals surface area (Å²) in [6, 6.07) is 21.9. The van der Waals surface area contributed by atoms with E-state index in [0.29, 0.717) is 36.4 Å². The Balaban J connectivity index is 1.50. The molecule has 0 aromatic heterocycles. The lowest BCUT2D eigenvalue weighted by Gasteiger charge is -2.14. The second-order valence-electron chi connectivity index (χ2n) is 7.08. The van der Waals surface area contributed by atoms with Gasteiger partial charge in [-0.1, -0.05) is 76.3 Å². The van der Waals surface area contributed by atoms with Gasteiger partial charge in [-0.25, -0.2) is 0 Å². The van der Waals surface area contributed by atoms with Crippen LogP contribution in [0.1, 0.15) is 5.56 Å². The van der Waals surface area contributed by atoms with Crippen molar-refractivity contribution >= 4 is 73.5 Å². The van der Waals surface area contributed by atoms with E-state index >= 15 is 0 Å². The Hall–Kier alpha value is -3.14. The normalized spacial score (nSPS) is 14.4. The number of hydrogen-bond donors (Lipinski definition) is 1. The lowest BCUT2D eigenvalue weighted by Crippen LogP contribution is -2.27. The number of hydrogen-bond acceptors (Lipinski definition) is 6. The van der Waals surface area contributed by atoms with Gasteiger partial charge in [0.25, 0.3) is 11.8 Å². The van der Waals surface area contributed by atoms with Crippen LogP contribution in [0, 0.1) is 0 Å². The molecule has 0 saturated carbocycles. The first-order valence-corrected chi connectivity index (χ1v) is 12.2. The van der Waals surface area contributed by atoms with Gasteiger partial charge < -0.3 is 14.8 Å². The highest BCUT2D eigenvalue weighted by atomic mass is 79.9. The van der Waals surface area contributed by atoms with Gasteiger partial charge in [0.1, 0.15) is 0 Å². The average molecular weight is 555 g/mol. The average Bonchev–Trinajstić information content (AvgIpc) is 3.12. The third-order valence-electron chi connectivity index (χ3n) is 4.79. The van der Waals surface area contributed by atoms with E-state index < -0.39 is 0 Å². The number of amides is 2. The highest BCUT2D eigenvalue weighted by Gasteiger charge is 2.33.